The van der Waals surface area contributed by atoms with Crippen LogP contribution in [0.4, 0.5) is 11.4 Å². The molecule has 0 aliphatic rings. The molecule has 0 bridgehead atoms. The Morgan fingerprint density at radius 3 is 2.48 bits per heavy atom. The van der Waals surface area contributed by atoms with Gasteiger partial charge in [0.05, 0.1) is 5.69 Å². The van der Waals surface area contributed by atoms with Gasteiger partial charge in [0, 0.05) is 41.5 Å². The Balaban J connectivity index is 1.88. The van der Waals surface area contributed by atoms with Crippen molar-refractivity contribution in [2.45, 2.75) is 34.1 Å². The van der Waals surface area contributed by atoms with E-state index >= 15 is 0 Å². The van der Waals surface area contributed by atoms with E-state index in [1.54, 1.807) is 0 Å². The summed E-state index contributed by atoms with van der Waals surface area (Å²) in [5.41, 5.74) is 7.65. The molecule has 0 aliphatic carbocycles. The molecule has 0 atom stereocenters. The Bertz CT molecular complexity index is 981. The zero-order chi connectivity index (χ0) is 19.4. The molecule has 1 amide bonds. The maximum Gasteiger partial charge on any atom is 0.221 e. The van der Waals surface area contributed by atoms with E-state index in [9.17, 15) is 4.79 Å². The molecule has 0 saturated carbocycles. The second-order valence-corrected chi connectivity index (χ2v) is 6.63. The first-order chi connectivity index (χ1) is 13.0. The third-order valence-electron chi connectivity index (χ3n) is 4.62. The van der Waals surface area contributed by atoms with E-state index in [2.05, 4.69) is 66.0 Å². The number of hydrogen-bond donors (Lipinski definition) is 1. The third kappa shape index (κ3) is 4.17. The van der Waals surface area contributed by atoms with Crippen LogP contribution in [0, 0.1) is 13.8 Å². The highest BCUT2D eigenvalue weighted by Gasteiger charge is 2.11. The van der Waals surface area contributed by atoms with Crippen molar-refractivity contribution in [3.63, 3.8) is 0 Å². The Morgan fingerprint density at radius 2 is 1.81 bits per heavy atom. The lowest BCUT2D eigenvalue weighted by molar-refractivity contribution is -0.114. The molecule has 0 radical (unpaired) electrons. The predicted octanol–water partition coefficient (Wildman–Crippen LogP) is 5.37. The summed E-state index contributed by atoms with van der Waals surface area (Å²) >= 11 is 0. The van der Waals surface area contributed by atoms with Gasteiger partial charge >= 0.3 is 0 Å². The number of hydrogen-bond acceptors (Lipinski definition) is 2. The average Bonchev–Trinajstić information content (AvgIpc) is 2.94. The molecule has 0 fully saturated rings. The Labute approximate surface area is 160 Å². The third-order valence-corrected chi connectivity index (χ3v) is 4.62. The number of aromatic nitrogens is 1. The highest BCUT2D eigenvalue weighted by atomic mass is 16.1. The summed E-state index contributed by atoms with van der Waals surface area (Å²) in [6.45, 7) is 7.93. The zero-order valence-electron chi connectivity index (χ0n) is 16.3. The van der Waals surface area contributed by atoms with Gasteiger partial charge in [0.15, 0.2) is 0 Å². The van der Waals surface area contributed by atoms with E-state index in [-0.39, 0.29) is 5.91 Å². The number of carbonyl (C=O) groups excluding carboxylic acids is 1. The number of nitrogens with one attached hydrogen (secondary N) is 1. The molecule has 0 aliphatic heterocycles. The van der Waals surface area contributed by atoms with Gasteiger partial charge in [-0.05, 0) is 62.2 Å². The summed E-state index contributed by atoms with van der Waals surface area (Å²) in [6, 6.07) is 18.2. The SMILES string of the molecule is CCc1ccccc1-n1c(C)cc(C=Nc2ccc(NC(C)=O)cc2)c1C. The van der Waals surface area contributed by atoms with Crippen molar-refractivity contribution in [2.24, 2.45) is 4.99 Å². The molecule has 3 rings (SSSR count). The number of benzene rings is 2. The fourth-order valence-corrected chi connectivity index (χ4v) is 3.30. The summed E-state index contributed by atoms with van der Waals surface area (Å²) in [6.07, 6.45) is 2.90. The van der Waals surface area contributed by atoms with Crippen molar-refractivity contribution >= 4 is 23.5 Å². The van der Waals surface area contributed by atoms with Gasteiger partial charge in [0.1, 0.15) is 0 Å². The minimum absolute atomic E-state index is 0.0777. The lowest BCUT2D eigenvalue weighted by atomic mass is 10.1. The molecule has 0 saturated heterocycles. The smallest absolute Gasteiger partial charge is 0.221 e. The topological polar surface area (TPSA) is 46.4 Å². The molecule has 4 heteroatoms. The Kier molecular flexibility index (Phi) is 5.55. The fourth-order valence-electron chi connectivity index (χ4n) is 3.30. The molecular formula is C23H25N3O. The van der Waals surface area contributed by atoms with Crippen LogP contribution in [0.15, 0.2) is 59.6 Å². The van der Waals surface area contributed by atoms with E-state index in [1.165, 1.54) is 29.6 Å². The summed E-state index contributed by atoms with van der Waals surface area (Å²) in [5, 5.41) is 2.76. The van der Waals surface area contributed by atoms with Crippen molar-refractivity contribution in [3.05, 3.63) is 77.1 Å². The van der Waals surface area contributed by atoms with Gasteiger partial charge in [-0.3, -0.25) is 9.79 Å². The van der Waals surface area contributed by atoms with Gasteiger partial charge in [0.2, 0.25) is 5.91 Å². The molecule has 27 heavy (non-hydrogen) atoms. The van der Waals surface area contributed by atoms with Crippen molar-refractivity contribution in [1.82, 2.24) is 4.57 Å². The molecule has 1 N–H and O–H groups in total. The quantitative estimate of drug-likeness (QED) is 0.612. The van der Waals surface area contributed by atoms with Crippen LogP contribution in [-0.4, -0.2) is 16.7 Å². The van der Waals surface area contributed by atoms with Gasteiger partial charge in [-0.2, -0.15) is 0 Å². The predicted molar refractivity (Wildman–Crippen MR) is 113 cm³/mol. The maximum absolute atomic E-state index is 11.1. The van der Waals surface area contributed by atoms with Crippen LogP contribution in [0.2, 0.25) is 0 Å². The molecule has 138 valence electrons. The van der Waals surface area contributed by atoms with E-state index in [0.29, 0.717) is 0 Å². The number of rotatable bonds is 5. The average molecular weight is 359 g/mol. The zero-order valence-corrected chi connectivity index (χ0v) is 16.3. The largest absolute Gasteiger partial charge is 0.326 e. The maximum atomic E-state index is 11.1. The second kappa shape index (κ2) is 8.04. The summed E-state index contributed by atoms with van der Waals surface area (Å²) in [7, 11) is 0. The molecule has 0 unspecified atom stereocenters. The van der Waals surface area contributed by atoms with Crippen molar-refractivity contribution < 1.29 is 4.79 Å². The van der Waals surface area contributed by atoms with Crippen LogP contribution >= 0.6 is 0 Å². The van der Waals surface area contributed by atoms with Gasteiger partial charge < -0.3 is 9.88 Å². The number of amides is 1. The summed E-state index contributed by atoms with van der Waals surface area (Å²) in [4.78, 5) is 15.7. The Hall–Kier alpha value is -3.14. The van der Waals surface area contributed by atoms with Gasteiger partial charge in [-0.15, -0.1) is 0 Å². The highest BCUT2D eigenvalue weighted by molar-refractivity contribution is 5.89. The first kappa shape index (κ1) is 18.6. The minimum Gasteiger partial charge on any atom is -0.326 e. The van der Waals surface area contributed by atoms with Crippen LogP contribution in [0.3, 0.4) is 0 Å². The van der Waals surface area contributed by atoms with E-state index in [0.717, 1.165) is 23.4 Å². The van der Waals surface area contributed by atoms with Gasteiger partial charge in [-0.1, -0.05) is 25.1 Å². The minimum atomic E-state index is -0.0777. The number of anilines is 1. The number of aryl methyl sites for hydroxylation is 2. The first-order valence-electron chi connectivity index (χ1n) is 9.18. The first-order valence-corrected chi connectivity index (χ1v) is 9.18. The fraction of sp³-hybridized carbons (Fsp3) is 0.217. The molecule has 3 aromatic rings. The lowest BCUT2D eigenvalue weighted by Crippen LogP contribution is -2.04. The van der Waals surface area contributed by atoms with Gasteiger partial charge in [0.25, 0.3) is 0 Å². The number of para-hydroxylation sites is 1. The normalized spacial score (nSPS) is 11.1. The van der Waals surface area contributed by atoms with Crippen LogP contribution in [0.5, 0.6) is 0 Å². The van der Waals surface area contributed by atoms with Crippen LogP contribution < -0.4 is 5.32 Å². The Morgan fingerprint density at radius 1 is 1.11 bits per heavy atom. The van der Waals surface area contributed by atoms with Crippen LogP contribution in [0.25, 0.3) is 5.69 Å². The molecule has 1 heterocycles. The number of aliphatic imine (C=N–C) groups is 1. The van der Waals surface area contributed by atoms with Crippen molar-refractivity contribution in [3.8, 4) is 5.69 Å². The van der Waals surface area contributed by atoms with E-state index in [4.69, 9.17) is 0 Å². The molecular weight excluding hydrogens is 334 g/mol. The number of nitrogens with zero attached hydrogens (tertiary/aromatic N) is 2. The molecule has 1 aromatic heterocycles. The number of carbonyl (C=O) groups is 1. The van der Waals surface area contributed by atoms with Gasteiger partial charge in [-0.25, -0.2) is 0 Å². The molecule has 2 aromatic carbocycles. The van der Waals surface area contributed by atoms with Crippen LogP contribution in [0.1, 0.15) is 36.4 Å². The molecule has 0 spiro atoms. The lowest BCUT2D eigenvalue weighted by Gasteiger charge is -2.13. The highest BCUT2D eigenvalue weighted by Crippen LogP contribution is 2.24. The second-order valence-electron chi connectivity index (χ2n) is 6.63. The monoisotopic (exact) mass is 359 g/mol. The van der Waals surface area contributed by atoms with E-state index < -0.39 is 0 Å². The molecule has 4 nitrogen and oxygen atoms in total. The van der Waals surface area contributed by atoms with Crippen molar-refractivity contribution in [1.29, 1.82) is 0 Å². The van der Waals surface area contributed by atoms with Crippen molar-refractivity contribution in [2.75, 3.05) is 5.32 Å². The van der Waals surface area contributed by atoms with E-state index in [1.807, 2.05) is 30.5 Å². The summed E-state index contributed by atoms with van der Waals surface area (Å²) < 4.78 is 2.29. The van der Waals surface area contributed by atoms with Crippen LogP contribution in [-0.2, 0) is 11.2 Å². The summed E-state index contributed by atoms with van der Waals surface area (Å²) in [5.74, 6) is -0.0777. The standard InChI is InChI=1S/C23H25N3O/c1-5-19-8-6-7-9-23(19)26-16(2)14-20(17(26)3)15-24-21-10-12-22(13-11-21)25-18(4)27/h6-15H,5H2,1-4H3,(H,25,27).